The lowest BCUT2D eigenvalue weighted by atomic mass is 10.1. The molecular formula is C15H13N3O5. The number of carbonyl (C=O) groups excluding carboxylic acids is 2. The van der Waals surface area contributed by atoms with Crippen LogP contribution < -0.4 is 10.1 Å². The largest absolute Gasteiger partial charge is 0.489 e. The van der Waals surface area contributed by atoms with Gasteiger partial charge in [0.1, 0.15) is 0 Å². The maximum absolute atomic E-state index is 12.4. The van der Waals surface area contributed by atoms with Crippen LogP contribution in [0.3, 0.4) is 0 Å². The van der Waals surface area contributed by atoms with Crippen LogP contribution in [0.4, 0.5) is 11.5 Å². The van der Waals surface area contributed by atoms with Crippen LogP contribution in [-0.2, 0) is 0 Å². The lowest BCUT2D eigenvalue weighted by Crippen LogP contribution is -2.18. The third-order valence-electron chi connectivity index (χ3n) is 2.97. The van der Waals surface area contributed by atoms with E-state index in [0.29, 0.717) is 5.69 Å². The number of anilines is 1. The van der Waals surface area contributed by atoms with E-state index in [1.807, 2.05) is 0 Å². The van der Waals surface area contributed by atoms with Crippen LogP contribution in [0.5, 0.6) is 5.75 Å². The van der Waals surface area contributed by atoms with Gasteiger partial charge in [-0.25, -0.2) is 0 Å². The summed E-state index contributed by atoms with van der Waals surface area (Å²) in [6.07, 6.45) is 0. The van der Waals surface area contributed by atoms with Gasteiger partial charge in [0.2, 0.25) is 17.2 Å². The van der Waals surface area contributed by atoms with Gasteiger partial charge in [-0.05, 0) is 22.0 Å². The molecule has 8 heteroatoms. The number of nitrogens with zero attached hydrogens (tertiary/aromatic N) is 2. The summed E-state index contributed by atoms with van der Waals surface area (Å²) in [5.41, 5.74) is 0.138. The normalized spacial score (nSPS) is 10.0. The topological polar surface area (TPSA) is 111 Å². The van der Waals surface area contributed by atoms with Gasteiger partial charge in [-0.15, -0.1) is 0 Å². The highest BCUT2D eigenvalue weighted by Gasteiger charge is 2.28. The molecule has 23 heavy (non-hydrogen) atoms. The predicted molar refractivity (Wildman–Crippen MR) is 81.8 cm³/mol. The van der Waals surface area contributed by atoms with Crippen molar-refractivity contribution in [2.45, 2.75) is 6.92 Å². The van der Waals surface area contributed by atoms with Crippen LogP contribution in [0, 0.1) is 10.1 Å². The number of rotatable bonds is 5. The zero-order valence-electron chi connectivity index (χ0n) is 12.4. The van der Waals surface area contributed by atoms with Crippen molar-refractivity contribution in [3.63, 3.8) is 0 Å². The zero-order valence-corrected chi connectivity index (χ0v) is 12.4. The standard InChI is InChI=1S/C15H13N3O5/c1-9(19)13-11(8-12(23-2)14(17-13)18(21)22)15(20)16-10-6-4-3-5-7-10/h3-8H,1-2H3,(H,16,20). The number of ketones is 1. The number of nitrogens with one attached hydrogen (secondary N) is 1. The minimum atomic E-state index is -0.774. The van der Waals surface area contributed by atoms with Crippen LogP contribution in [0.25, 0.3) is 0 Å². The summed E-state index contributed by atoms with van der Waals surface area (Å²) in [5, 5.41) is 13.6. The van der Waals surface area contributed by atoms with Gasteiger partial charge in [-0.3, -0.25) is 9.59 Å². The van der Waals surface area contributed by atoms with Crippen LogP contribution in [0.1, 0.15) is 27.8 Å². The molecule has 0 fully saturated rings. The van der Waals surface area contributed by atoms with Crippen LogP contribution >= 0.6 is 0 Å². The van der Waals surface area contributed by atoms with Gasteiger partial charge in [0.15, 0.2) is 0 Å². The van der Waals surface area contributed by atoms with Crippen molar-refractivity contribution in [2.24, 2.45) is 0 Å². The molecule has 0 bridgehead atoms. The molecule has 2 aromatic rings. The summed E-state index contributed by atoms with van der Waals surface area (Å²) in [6, 6.07) is 9.72. The Morgan fingerprint density at radius 1 is 1.26 bits per heavy atom. The van der Waals surface area contributed by atoms with Crippen molar-refractivity contribution in [1.29, 1.82) is 0 Å². The molecule has 0 atom stereocenters. The van der Waals surface area contributed by atoms with E-state index in [2.05, 4.69) is 10.3 Å². The lowest BCUT2D eigenvalue weighted by molar-refractivity contribution is -0.390. The van der Waals surface area contributed by atoms with E-state index in [1.165, 1.54) is 14.0 Å². The van der Waals surface area contributed by atoms with Gasteiger partial charge in [-0.1, -0.05) is 18.2 Å². The van der Waals surface area contributed by atoms with E-state index >= 15 is 0 Å². The molecule has 2 rings (SSSR count). The summed E-state index contributed by atoms with van der Waals surface area (Å²) in [5.74, 6) is -1.98. The van der Waals surface area contributed by atoms with E-state index in [4.69, 9.17) is 4.74 Å². The minimum Gasteiger partial charge on any atom is -0.489 e. The summed E-state index contributed by atoms with van der Waals surface area (Å²) in [4.78, 5) is 37.9. The van der Waals surface area contributed by atoms with E-state index in [-0.39, 0.29) is 17.0 Å². The van der Waals surface area contributed by atoms with Crippen molar-refractivity contribution in [3.8, 4) is 5.75 Å². The molecule has 0 spiro atoms. The highest BCUT2D eigenvalue weighted by molar-refractivity contribution is 6.11. The van der Waals surface area contributed by atoms with E-state index in [0.717, 1.165) is 6.07 Å². The number of para-hydroxylation sites is 1. The van der Waals surface area contributed by atoms with Crippen molar-refractivity contribution in [2.75, 3.05) is 12.4 Å². The van der Waals surface area contributed by atoms with Crippen LogP contribution in [0.15, 0.2) is 36.4 Å². The minimum absolute atomic E-state index is 0.0937. The van der Waals surface area contributed by atoms with Gasteiger partial charge in [0.05, 0.1) is 12.7 Å². The summed E-state index contributed by atoms with van der Waals surface area (Å²) in [7, 11) is 1.22. The van der Waals surface area contributed by atoms with Gasteiger partial charge < -0.3 is 20.2 Å². The number of benzene rings is 1. The quantitative estimate of drug-likeness (QED) is 0.515. The molecule has 118 valence electrons. The first-order valence-electron chi connectivity index (χ1n) is 6.54. The van der Waals surface area contributed by atoms with Crippen molar-refractivity contribution < 1.29 is 19.2 Å². The van der Waals surface area contributed by atoms with Gasteiger partial charge in [0, 0.05) is 18.7 Å². The van der Waals surface area contributed by atoms with Gasteiger partial charge in [0.25, 0.3) is 5.91 Å². The second-order valence-corrected chi connectivity index (χ2v) is 4.54. The van der Waals surface area contributed by atoms with Crippen molar-refractivity contribution in [3.05, 3.63) is 57.8 Å². The SMILES string of the molecule is COc1cc(C(=O)Nc2ccccc2)c(C(C)=O)nc1[N+](=O)[O-]. The highest BCUT2D eigenvalue weighted by atomic mass is 16.6. The number of carbonyl (C=O) groups is 2. The first-order chi connectivity index (χ1) is 10.9. The number of nitro groups is 1. The number of ether oxygens (including phenoxy) is 1. The molecule has 0 aliphatic heterocycles. The molecule has 0 saturated heterocycles. The average Bonchev–Trinajstić information content (AvgIpc) is 2.54. The Hall–Kier alpha value is -3.29. The fraction of sp³-hybridized carbons (Fsp3) is 0.133. The number of Topliss-reactive ketones (excluding diaryl/α,β-unsaturated/α-hetero) is 1. The van der Waals surface area contributed by atoms with E-state index in [1.54, 1.807) is 30.3 Å². The Morgan fingerprint density at radius 3 is 2.43 bits per heavy atom. The second kappa shape index (κ2) is 6.65. The Labute approximate surface area is 131 Å². The Morgan fingerprint density at radius 2 is 1.91 bits per heavy atom. The van der Waals surface area contributed by atoms with Crippen molar-refractivity contribution in [1.82, 2.24) is 4.98 Å². The maximum Gasteiger partial charge on any atom is 0.406 e. The zero-order chi connectivity index (χ0) is 17.0. The molecule has 0 radical (unpaired) electrons. The number of aromatic nitrogens is 1. The van der Waals surface area contributed by atoms with Crippen LogP contribution in [-0.4, -0.2) is 28.7 Å². The molecule has 8 nitrogen and oxygen atoms in total. The number of hydrogen-bond donors (Lipinski definition) is 1. The Kier molecular flexibility index (Phi) is 4.65. The average molecular weight is 315 g/mol. The molecule has 1 aromatic carbocycles. The first kappa shape index (κ1) is 16.1. The molecule has 0 unspecified atom stereocenters. The van der Waals surface area contributed by atoms with Crippen molar-refractivity contribution >= 4 is 23.2 Å². The van der Waals surface area contributed by atoms with Gasteiger partial charge >= 0.3 is 5.82 Å². The van der Waals surface area contributed by atoms with Gasteiger partial charge in [-0.2, -0.15) is 0 Å². The molecule has 1 amide bonds. The number of methoxy groups -OCH3 is 1. The highest BCUT2D eigenvalue weighted by Crippen LogP contribution is 2.27. The molecule has 1 N–H and O–H groups in total. The molecule has 0 saturated carbocycles. The third kappa shape index (κ3) is 3.49. The monoisotopic (exact) mass is 315 g/mol. The molecular weight excluding hydrogens is 302 g/mol. The predicted octanol–water partition coefficient (Wildman–Crippen LogP) is 2.45. The number of pyridine rings is 1. The summed E-state index contributed by atoms with van der Waals surface area (Å²) in [6.45, 7) is 1.18. The first-order valence-corrected chi connectivity index (χ1v) is 6.54. The second-order valence-electron chi connectivity index (χ2n) is 4.54. The maximum atomic E-state index is 12.4. The van der Waals surface area contributed by atoms with Crippen LogP contribution in [0.2, 0.25) is 0 Å². The fourth-order valence-corrected chi connectivity index (χ4v) is 1.93. The molecule has 1 heterocycles. The fourth-order valence-electron chi connectivity index (χ4n) is 1.93. The molecule has 1 aromatic heterocycles. The Balaban J connectivity index is 2.49. The molecule has 0 aliphatic carbocycles. The summed E-state index contributed by atoms with van der Waals surface area (Å²) >= 11 is 0. The lowest BCUT2D eigenvalue weighted by Gasteiger charge is -2.08. The van der Waals surface area contributed by atoms with E-state index in [9.17, 15) is 19.7 Å². The Bertz CT molecular complexity index is 774. The smallest absolute Gasteiger partial charge is 0.406 e. The van der Waals surface area contributed by atoms with E-state index < -0.39 is 22.4 Å². The third-order valence-corrected chi connectivity index (χ3v) is 2.97. The summed E-state index contributed by atoms with van der Waals surface area (Å²) < 4.78 is 4.89. The number of hydrogen-bond acceptors (Lipinski definition) is 6. The molecule has 0 aliphatic rings. The number of amides is 1.